The van der Waals surface area contributed by atoms with Crippen LogP contribution in [0, 0.1) is 6.92 Å². The van der Waals surface area contributed by atoms with Crippen molar-refractivity contribution in [3.05, 3.63) is 28.3 Å². The van der Waals surface area contributed by atoms with Gasteiger partial charge in [-0.15, -0.1) is 0 Å². The molecule has 0 bridgehead atoms. The highest BCUT2D eigenvalue weighted by Gasteiger charge is 2.09. The standard InChI is InChI=1S/C9H9ClFNOS/c1-5-9(13)7(4-14)6(3-12-5)2-8(10)11/h2-3,13-14H,4H2,1H3. The SMILES string of the molecule is Cc1ncc(C=C(F)Cl)c(CS)c1O. The van der Waals surface area contributed by atoms with Crippen LogP contribution in [0.5, 0.6) is 5.75 Å². The first kappa shape index (κ1) is 11.3. The molecule has 0 aromatic carbocycles. The van der Waals surface area contributed by atoms with Gasteiger partial charge in [-0.3, -0.25) is 4.98 Å². The van der Waals surface area contributed by atoms with E-state index in [9.17, 15) is 9.50 Å². The number of aryl methyl sites for hydroxylation is 1. The van der Waals surface area contributed by atoms with E-state index in [-0.39, 0.29) is 5.75 Å². The normalized spacial score (nSPS) is 11.9. The molecule has 0 radical (unpaired) electrons. The van der Waals surface area contributed by atoms with Crippen LogP contribution >= 0.6 is 24.2 Å². The second-order valence-corrected chi connectivity index (χ2v) is 3.40. The Kier molecular flexibility index (Phi) is 3.77. The summed E-state index contributed by atoms with van der Waals surface area (Å²) in [6.07, 6.45) is 2.54. The molecule has 0 aliphatic rings. The van der Waals surface area contributed by atoms with Crippen molar-refractivity contribution in [3.63, 3.8) is 0 Å². The van der Waals surface area contributed by atoms with E-state index >= 15 is 0 Å². The van der Waals surface area contributed by atoms with Crippen LogP contribution in [0.25, 0.3) is 6.08 Å². The predicted octanol–water partition coefficient (Wildman–Crippen LogP) is 3.03. The smallest absolute Gasteiger partial charge is 0.189 e. The summed E-state index contributed by atoms with van der Waals surface area (Å²) >= 11 is 9.13. The van der Waals surface area contributed by atoms with Crippen LogP contribution in [0.15, 0.2) is 11.5 Å². The Balaban J connectivity index is 3.31. The van der Waals surface area contributed by atoms with Crippen LogP contribution in [0.2, 0.25) is 0 Å². The van der Waals surface area contributed by atoms with E-state index in [1.54, 1.807) is 6.92 Å². The fourth-order valence-corrected chi connectivity index (χ4v) is 1.52. The van der Waals surface area contributed by atoms with E-state index in [1.807, 2.05) is 0 Å². The zero-order valence-corrected chi connectivity index (χ0v) is 9.11. The summed E-state index contributed by atoms with van der Waals surface area (Å²) in [6.45, 7) is 1.66. The minimum absolute atomic E-state index is 0.0340. The number of nitrogens with zero attached hydrogens (tertiary/aromatic N) is 1. The first-order valence-electron chi connectivity index (χ1n) is 3.87. The third-order valence-electron chi connectivity index (χ3n) is 1.80. The van der Waals surface area contributed by atoms with Crippen molar-refractivity contribution >= 4 is 30.3 Å². The molecule has 0 atom stereocenters. The van der Waals surface area contributed by atoms with E-state index in [2.05, 4.69) is 17.6 Å². The number of halogens is 2. The van der Waals surface area contributed by atoms with Crippen LogP contribution in [-0.2, 0) is 5.75 Å². The molecule has 0 unspecified atom stereocenters. The number of rotatable bonds is 2. The Labute approximate surface area is 91.8 Å². The Morgan fingerprint density at radius 1 is 1.79 bits per heavy atom. The number of aromatic nitrogens is 1. The molecule has 0 fully saturated rings. The molecule has 1 aromatic rings. The van der Waals surface area contributed by atoms with Crippen LogP contribution in [0.1, 0.15) is 16.8 Å². The van der Waals surface area contributed by atoms with Gasteiger partial charge in [0.05, 0.1) is 5.69 Å². The Bertz CT molecular complexity index is 377. The highest BCUT2D eigenvalue weighted by atomic mass is 35.5. The Morgan fingerprint density at radius 3 is 2.93 bits per heavy atom. The lowest BCUT2D eigenvalue weighted by molar-refractivity contribution is 0.462. The molecule has 2 nitrogen and oxygen atoms in total. The van der Waals surface area contributed by atoms with Gasteiger partial charge < -0.3 is 5.11 Å². The Hall–Kier alpha value is -0.740. The molecule has 0 aliphatic heterocycles. The lowest BCUT2D eigenvalue weighted by Crippen LogP contribution is -1.92. The lowest BCUT2D eigenvalue weighted by Gasteiger charge is -2.07. The van der Waals surface area contributed by atoms with E-state index < -0.39 is 5.29 Å². The monoisotopic (exact) mass is 233 g/mol. The van der Waals surface area contributed by atoms with Crippen molar-refractivity contribution in [1.82, 2.24) is 4.98 Å². The predicted molar refractivity (Wildman–Crippen MR) is 58.3 cm³/mol. The molecule has 0 spiro atoms. The molecule has 5 heteroatoms. The number of thiol groups is 1. The first-order chi connectivity index (χ1) is 6.56. The summed E-state index contributed by atoms with van der Waals surface area (Å²) in [6, 6.07) is 0. The second kappa shape index (κ2) is 4.66. The summed E-state index contributed by atoms with van der Waals surface area (Å²) in [5.74, 6) is 0.331. The topological polar surface area (TPSA) is 33.1 Å². The lowest BCUT2D eigenvalue weighted by atomic mass is 10.1. The van der Waals surface area contributed by atoms with Crippen LogP contribution in [0.4, 0.5) is 4.39 Å². The van der Waals surface area contributed by atoms with Gasteiger partial charge in [0, 0.05) is 23.1 Å². The average molecular weight is 234 g/mol. The van der Waals surface area contributed by atoms with Crippen molar-refractivity contribution in [2.45, 2.75) is 12.7 Å². The summed E-state index contributed by atoms with van der Waals surface area (Å²) in [7, 11) is 0. The third-order valence-corrected chi connectivity index (χ3v) is 2.22. The molecule has 1 rings (SSSR count). The molecular weight excluding hydrogens is 225 g/mol. The van der Waals surface area contributed by atoms with Crippen molar-refractivity contribution in [1.29, 1.82) is 0 Å². The van der Waals surface area contributed by atoms with Crippen molar-refractivity contribution in [2.24, 2.45) is 0 Å². The van der Waals surface area contributed by atoms with E-state index in [0.717, 1.165) is 6.08 Å². The van der Waals surface area contributed by atoms with E-state index in [0.29, 0.717) is 22.6 Å². The van der Waals surface area contributed by atoms with Crippen molar-refractivity contribution in [2.75, 3.05) is 0 Å². The molecule has 0 saturated carbocycles. The fraction of sp³-hybridized carbons (Fsp3) is 0.222. The zero-order chi connectivity index (χ0) is 10.7. The zero-order valence-electron chi connectivity index (χ0n) is 7.46. The van der Waals surface area contributed by atoms with Crippen LogP contribution in [-0.4, -0.2) is 10.1 Å². The number of aromatic hydroxyl groups is 1. The van der Waals surface area contributed by atoms with E-state index in [4.69, 9.17) is 11.6 Å². The van der Waals surface area contributed by atoms with Gasteiger partial charge in [0.2, 0.25) is 0 Å². The van der Waals surface area contributed by atoms with Gasteiger partial charge in [-0.1, -0.05) is 11.6 Å². The minimum Gasteiger partial charge on any atom is -0.506 e. The summed E-state index contributed by atoms with van der Waals surface area (Å²) in [5, 5.41) is 8.74. The molecule has 0 amide bonds. The molecule has 1 aromatic heterocycles. The second-order valence-electron chi connectivity index (χ2n) is 2.72. The maximum atomic E-state index is 12.4. The summed E-state index contributed by atoms with van der Waals surface area (Å²) in [4.78, 5) is 3.89. The van der Waals surface area contributed by atoms with Gasteiger partial charge in [0.25, 0.3) is 0 Å². The molecule has 14 heavy (non-hydrogen) atoms. The highest BCUT2D eigenvalue weighted by molar-refractivity contribution is 7.79. The summed E-state index contributed by atoms with van der Waals surface area (Å²) in [5.41, 5.74) is 1.45. The Morgan fingerprint density at radius 2 is 2.43 bits per heavy atom. The highest BCUT2D eigenvalue weighted by Crippen LogP contribution is 2.27. The quantitative estimate of drug-likeness (QED) is 0.770. The third kappa shape index (κ3) is 2.39. The average Bonchev–Trinajstić information content (AvgIpc) is 2.11. The summed E-state index contributed by atoms with van der Waals surface area (Å²) < 4.78 is 12.4. The van der Waals surface area contributed by atoms with Crippen molar-refractivity contribution < 1.29 is 9.50 Å². The molecule has 0 aliphatic carbocycles. The van der Waals surface area contributed by atoms with E-state index in [1.165, 1.54) is 6.20 Å². The van der Waals surface area contributed by atoms with Gasteiger partial charge in [-0.25, -0.2) is 0 Å². The minimum atomic E-state index is -0.849. The fourth-order valence-electron chi connectivity index (χ4n) is 1.07. The molecule has 76 valence electrons. The van der Waals surface area contributed by atoms with Gasteiger partial charge >= 0.3 is 0 Å². The molecular formula is C9H9ClFNOS. The van der Waals surface area contributed by atoms with Gasteiger partial charge in [0.1, 0.15) is 5.75 Å². The molecule has 0 saturated heterocycles. The van der Waals surface area contributed by atoms with Gasteiger partial charge in [-0.2, -0.15) is 17.0 Å². The first-order valence-corrected chi connectivity index (χ1v) is 4.88. The number of hydrogen-bond acceptors (Lipinski definition) is 3. The molecule has 1 N–H and O–H groups in total. The largest absolute Gasteiger partial charge is 0.506 e. The maximum absolute atomic E-state index is 12.4. The number of pyridine rings is 1. The van der Waals surface area contributed by atoms with Gasteiger partial charge in [-0.05, 0) is 13.0 Å². The van der Waals surface area contributed by atoms with Crippen LogP contribution < -0.4 is 0 Å². The molecule has 1 heterocycles. The van der Waals surface area contributed by atoms with Gasteiger partial charge in [0.15, 0.2) is 5.29 Å². The number of hydrogen-bond donors (Lipinski definition) is 2. The van der Waals surface area contributed by atoms with Crippen LogP contribution in [0.3, 0.4) is 0 Å². The maximum Gasteiger partial charge on any atom is 0.189 e. The van der Waals surface area contributed by atoms with Crippen molar-refractivity contribution in [3.8, 4) is 5.75 Å².